The molecule has 0 unspecified atom stereocenters. The molecule has 1 aliphatic heterocycles. The van der Waals surface area contributed by atoms with Gasteiger partial charge in [0.2, 0.25) is 5.91 Å². The van der Waals surface area contributed by atoms with E-state index in [1.54, 1.807) is 0 Å². The summed E-state index contributed by atoms with van der Waals surface area (Å²) in [6, 6.07) is 0. The van der Waals surface area contributed by atoms with Crippen LogP contribution in [0.2, 0.25) is 0 Å². The van der Waals surface area contributed by atoms with E-state index in [0.29, 0.717) is 5.88 Å². The van der Waals surface area contributed by atoms with Gasteiger partial charge >= 0.3 is 0 Å². The van der Waals surface area contributed by atoms with Gasteiger partial charge in [0.25, 0.3) is 0 Å². The Balaban J connectivity index is 2.42. The van der Waals surface area contributed by atoms with Gasteiger partial charge in [-0.1, -0.05) is 6.92 Å². The average Bonchev–Trinajstić information content (AvgIpc) is 2.30. The van der Waals surface area contributed by atoms with Crippen LogP contribution in [0.4, 0.5) is 0 Å². The molecule has 0 aromatic carbocycles. The summed E-state index contributed by atoms with van der Waals surface area (Å²) >= 11 is 5.80. The number of carbonyl (C=O) groups is 1. The van der Waals surface area contributed by atoms with E-state index in [2.05, 4.69) is 24.2 Å². The smallest absolute Gasteiger partial charge is 0.226 e. The minimum absolute atomic E-state index is 0.0626. The minimum Gasteiger partial charge on any atom is -0.355 e. The molecule has 1 heterocycles. The zero-order valence-corrected chi connectivity index (χ0v) is 12.2. The van der Waals surface area contributed by atoms with E-state index in [-0.39, 0.29) is 11.3 Å². The first kappa shape index (κ1) is 14.8. The number of carbonyl (C=O) groups excluding carboxylic acids is 1. The number of halogens is 1. The highest BCUT2D eigenvalue weighted by atomic mass is 35.5. The Morgan fingerprint density at radius 3 is 2.41 bits per heavy atom. The normalized spacial score (nSPS) is 21.2. The van der Waals surface area contributed by atoms with Gasteiger partial charge < -0.3 is 10.2 Å². The van der Waals surface area contributed by atoms with Crippen molar-refractivity contribution in [3.05, 3.63) is 0 Å². The molecule has 0 saturated carbocycles. The zero-order chi connectivity index (χ0) is 13.1. The number of hydrogen-bond donors (Lipinski definition) is 1. The molecule has 1 aliphatic rings. The van der Waals surface area contributed by atoms with Crippen molar-refractivity contribution in [3.8, 4) is 0 Å². The maximum absolute atomic E-state index is 11.9. The van der Waals surface area contributed by atoms with Gasteiger partial charge in [0.15, 0.2) is 0 Å². The molecule has 1 amide bonds. The van der Waals surface area contributed by atoms with E-state index in [0.717, 1.165) is 32.5 Å². The van der Waals surface area contributed by atoms with Crippen molar-refractivity contribution in [2.45, 2.75) is 33.6 Å². The number of likely N-dealkylation sites (tertiary alicyclic amines) is 1. The molecular formula is C13H25ClN2O. The Bertz CT molecular complexity index is 271. The molecule has 1 saturated heterocycles. The topological polar surface area (TPSA) is 32.3 Å². The first-order valence-electron chi connectivity index (χ1n) is 6.32. The molecule has 0 aromatic heterocycles. The van der Waals surface area contributed by atoms with E-state index in [1.807, 2.05) is 13.8 Å². The predicted octanol–water partition coefficient (Wildman–Crippen LogP) is 2.10. The number of hydrogen-bond acceptors (Lipinski definition) is 2. The number of rotatable bonds is 4. The van der Waals surface area contributed by atoms with Crippen molar-refractivity contribution >= 4 is 17.5 Å². The summed E-state index contributed by atoms with van der Waals surface area (Å²) in [7, 11) is 2.15. The molecule has 1 N–H and O–H groups in total. The number of amides is 1. The number of nitrogens with one attached hydrogen (secondary N) is 1. The van der Waals surface area contributed by atoms with Gasteiger partial charge in [-0.25, -0.2) is 0 Å². The van der Waals surface area contributed by atoms with Gasteiger partial charge in [0, 0.05) is 12.4 Å². The lowest BCUT2D eigenvalue weighted by molar-refractivity contribution is -0.129. The van der Waals surface area contributed by atoms with Gasteiger partial charge in [0.1, 0.15) is 0 Å². The largest absolute Gasteiger partial charge is 0.355 e. The summed E-state index contributed by atoms with van der Waals surface area (Å²) in [6.45, 7) is 9.02. The van der Waals surface area contributed by atoms with Crippen LogP contribution < -0.4 is 5.32 Å². The first-order chi connectivity index (χ1) is 7.79. The summed E-state index contributed by atoms with van der Waals surface area (Å²) in [4.78, 5) is 14.3. The van der Waals surface area contributed by atoms with Crippen LogP contribution in [0.3, 0.4) is 0 Å². The first-order valence-corrected chi connectivity index (χ1v) is 6.85. The van der Waals surface area contributed by atoms with Crippen molar-refractivity contribution in [1.29, 1.82) is 0 Å². The fraction of sp³-hybridized carbons (Fsp3) is 0.923. The Kier molecular flexibility index (Phi) is 4.85. The molecule has 0 aromatic rings. The third kappa shape index (κ3) is 4.14. The lowest BCUT2D eigenvalue weighted by Crippen LogP contribution is -2.46. The quantitative estimate of drug-likeness (QED) is 0.786. The molecule has 0 aliphatic carbocycles. The van der Waals surface area contributed by atoms with Crippen LogP contribution in [0.5, 0.6) is 0 Å². The third-order valence-electron chi connectivity index (χ3n) is 3.82. The molecule has 0 spiro atoms. The number of nitrogens with zero attached hydrogens (tertiary/aromatic N) is 1. The Morgan fingerprint density at radius 1 is 1.41 bits per heavy atom. The van der Waals surface area contributed by atoms with Gasteiger partial charge in [-0.3, -0.25) is 4.79 Å². The standard InChI is InChI=1S/C13H25ClN2O/c1-12(2,9-14)11(17)15-10-13(3)5-7-16(4)8-6-13/h5-10H2,1-4H3,(H,15,17). The lowest BCUT2D eigenvalue weighted by atomic mass is 9.80. The van der Waals surface area contributed by atoms with E-state index >= 15 is 0 Å². The summed E-state index contributed by atoms with van der Waals surface area (Å²) in [5, 5.41) is 3.06. The highest BCUT2D eigenvalue weighted by molar-refractivity contribution is 6.19. The van der Waals surface area contributed by atoms with Crippen molar-refractivity contribution in [1.82, 2.24) is 10.2 Å². The van der Waals surface area contributed by atoms with Crippen molar-refractivity contribution < 1.29 is 4.79 Å². The average molecular weight is 261 g/mol. The van der Waals surface area contributed by atoms with Crippen molar-refractivity contribution in [2.75, 3.05) is 32.6 Å². The predicted molar refractivity (Wildman–Crippen MR) is 72.3 cm³/mol. The molecule has 1 rings (SSSR count). The molecular weight excluding hydrogens is 236 g/mol. The molecule has 17 heavy (non-hydrogen) atoms. The van der Waals surface area contributed by atoms with Gasteiger partial charge in [0.05, 0.1) is 5.41 Å². The van der Waals surface area contributed by atoms with E-state index in [1.165, 1.54) is 0 Å². The van der Waals surface area contributed by atoms with Gasteiger partial charge in [-0.05, 0) is 52.2 Å². The molecule has 0 bridgehead atoms. The zero-order valence-electron chi connectivity index (χ0n) is 11.5. The number of alkyl halides is 1. The molecule has 4 heteroatoms. The highest BCUT2D eigenvalue weighted by Crippen LogP contribution is 2.29. The van der Waals surface area contributed by atoms with Gasteiger partial charge in [-0.2, -0.15) is 0 Å². The molecule has 3 nitrogen and oxygen atoms in total. The Morgan fingerprint density at radius 2 is 1.94 bits per heavy atom. The molecule has 100 valence electrons. The highest BCUT2D eigenvalue weighted by Gasteiger charge is 2.32. The van der Waals surface area contributed by atoms with Crippen LogP contribution in [0.1, 0.15) is 33.6 Å². The minimum atomic E-state index is -0.469. The summed E-state index contributed by atoms with van der Waals surface area (Å²) in [5.41, 5.74) is -0.228. The second kappa shape index (κ2) is 5.57. The van der Waals surface area contributed by atoms with Crippen LogP contribution in [-0.2, 0) is 4.79 Å². The van der Waals surface area contributed by atoms with Gasteiger partial charge in [-0.15, -0.1) is 11.6 Å². The summed E-state index contributed by atoms with van der Waals surface area (Å²) in [5.74, 6) is 0.422. The van der Waals surface area contributed by atoms with Crippen molar-refractivity contribution in [3.63, 3.8) is 0 Å². The molecule has 1 fully saturated rings. The van der Waals surface area contributed by atoms with Crippen LogP contribution in [-0.4, -0.2) is 43.4 Å². The SMILES string of the molecule is CN1CCC(C)(CNC(=O)C(C)(C)CCl)CC1. The fourth-order valence-electron chi connectivity index (χ4n) is 1.93. The lowest BCUT2D eigenvalue weighted by Gasteiger charge is -2.38. The van der Waals surface area contributed by atoms with Crippen LogP contribution in [0.25, 0.3) is 0 Å². The maximum atomic E-state index is 11.9. The van der Waals surface area contributed by atoms with Crippen LogP contribution in [0.15, 0.2) is 0 Å². The third-order valence-corrected chi connectivity index (χ3v) is 4.49. The second-order valence-corrected chi connectivity index (χ2v) is 6.58. The molecule has 0 atom stereocenters. The Labute approximate surface area is 110 Å². The van der Waals surface area contributed by atoms with E-state index in [9.17, 15) is 4.79 Å². The van der Waals surface area contributed by atoms with Crippen molar-refractivity contribution in [2.24, 2.45) is 10.8 Å². The number of piperidine rings is 1. The van der Waals surface area contributed by atoms with E-state index in [4.69, 9.17) is 11.6 Å². The Hall–Kier alpha value is -0.280. The second-order valence-electron chi connectivity index (χ2n) is 6.31. The monoisotopic (exact) mass is 260 g/mol. The summed E-state index contributed by atoms with van der Waals surface area (Å²) < 4.78 is 0. The van der Waals surface area contributed by atoms with Crippen LogP contribution >= 0.6 is 11.6 Å². The fourth-order valence-corrected chi connectivity index (χ4v) is 2.05. The van der Waals surface area contributed by atoms with Crippen LogP contribution in [0, 0.1) is 10.8 Å². The maximum Gasteiger partial charge on any atom is 0.226 e. The molecule has 0 radical (unpaired) electrons. The summed E-state index contributed by atoms with van der Waals surface area (Å²) in [6.07, 6.45) is 2.29. The van der Waals surface area contributed by atoms with E-state index < -0.39 is 5.41 Å².